The Hall–Kier alpha value is -6.49. The van der Waals surface area contributed by atoms with Crippen LogP contribution < -0.4 is 4.90 Å². The summed E-state index contributed by atoms with van der Waals surface area (Å²) in [5.41, 5.74) is 15.1. The molecule has 4 heterocycles. The number of aromatic nitrogens is 2. The Kier molecular flexibility index (Phi) is 6.12. The molecule has 238 valence electrons. The average Bonchev–Trinajstić information content (AvgIpc) is 3.70. The lowest BCUT2D eigenvalue weighted by Crippen LogP contribution is -2.11. The van der Waals surface area contributed by atoms with Crippen molar-refractivity contribution in [2.75, 3.05) is 4.90 Å². The first-order valence-electron chi connectivity index (χ1n) is 17.3. The van der Waals surface area contributed by atoms with Gasteiger partial charge >= 0.3 is 0 Å². The number of para-hydroxylation sites is 5. The zero-order chi connectivity index (χ0) is 33.5. The second-order valence-electron chi connectivity index (χ2n) is 13.1. The number of benzene rings is 7. The topological polar surface area (TPSA) is 21.1 Å². The van der Waals surface area contributed by atoms with E-state index < -0.39 is 0 Å². The summed E-state index contributed by atoms with van der Waals surface area (Å²) in [5, 5.41) is 3.62. The average molecular weight is 668 g/mol. The van der Waals surface area contributed by atoms with Gasteiger partial charge in [0.25, 0.3) is 0 Å². The highest BCUT2D eigenvalue weighted by atomic mass is 32.1. The Morgan fingerprint density at radius 1 is 0.471 bits per heavy atom. The normalized spacial score (nSPS) is 12.3. The number of rotatable bonds is 3. The third-order valence-corrected chi connectivity index (χ3v) is 11.5. The second kappa shape index (κ2) is 11.0. The maximum Gasteiger partial charge on any atom is 0.0902 e. The van der Waals surface area contributed by atoms with Gasteiger partial charge < -0.3 is 9.47 Å². The van der Waals surface area contributed by atoms with Crippen LogP contribution in [-0.2, 0) is 0 Å². The summed E-state index contributed by atoms with van der Waals surface area (Å²) >= 11 is 1.83. The van der Waals surface area contributed by atoms with Gasteiger partial charge in [-0.15, -0.1) is 11.3 Å². The van der Waals surface area contributed by atoms with Crippen LogP contribution >= 0.6 is 11.3 Å². The molecule has 51 heavy (non-hydrogen) atoms. The first-order valence-corrected chi connectivity index (χ1v) is 18.1. The van der Waals surface area contributed by atoms with Crippen LogP contribution in [0.2, 0.25) is 0 Å². The molecule has 7 aromatic carbocycles. The lowest BCUT2D eigenvalue weighted by Gasteiger charge is -2.28. The Morgan fingerprint density at radius 2 is 1.12 bits per heavy atom. The molecule has 10 aromatic rings. The van der Waals surface area contributed by atoms with E-state index in [9.17, 15) is 0 Å². The molecule has 0 bridgehead atoms. The molecule has 0 aliphatic carbocycles. The van der Waals surface area contributed by atoms with E-state index in [1.165, 1.54) is 64.6 Å². The Morgan fingerprint density at radius 3 is 1.98 bits per heavy atom. The number of hydrogen-bond acceptors (Lipinski definition) is 3. The van der Waals surface area contributed by atoms with Gasteiger partial charge in [0.1, 0.15) is 0 Å². The van der Waals surface area contributed by atoms with Crippen molar-refractivity contribution in [3.63, 3.8) is 0 Å². The van der Waals surface area contributed by atoms with Crippen molar-refractivity contribution in [3.8, 4) is 39.2 Å². The van der Waals surface area contributed by atoms with E-state index >= 15 is 0 Å². The lowest BCUT2D eigenvalue weighted by molar-refractivity contribution is 1.13. The third kappa shape index (κ3) is 4.14. The Balaban J connectivity index is 1.21. The maximum absolute atomic E-state index is 5.21. The molecule has 3 nitrogen and oxygen atoms in total. The number of fused-ring (bicyclic) bond motifs is 11. The predicted molar refractivity (Wildman–Crippen MR) is 216 cm³/mol. The van der Waals surface area contributed by atoms with Gasteiger partial charge in [-0.05, 0) is 60.2 Å². The first-order chi connectivity index (χ1) is 25.3. The molecular weight excluding hydrogens is 639 g/mol. The molecule has 3 aromatic heterocycles. The fraction of sp³-hybridized carbons (Fsp3) is 0. The van der Waals surface area contributed by atoms with Crippen LogP contribution in [0.15, 0.2) is 176 Å². The SMILES string of the molecule is c1ccc(-n2c3c(c4ccccc42)-c2ccccc2N(c2cccc(-c4c5ccccc5nc5c4sc4ccccc45)c2)c2ccccc2-3)cc1. The monoisotopic (exact) mass is 667 g/mol. The Labute approximate surface area is 298 Å². The van der Waals surface area contributed by atoms with Crippen molar-refractivity contribution < 1.29 is 0 Å². The zero-order valence-electron chi connectivity index (χ0n) is 27.5. The van der Waals surface area contributed by atoms with Gasteiger partial charge in [-0.2, -0.15) is 0 Å². The quantitative estimate of drug-likeness (QED) is 0.187. The summed E-state index contributed by atoms with van der Waals surface area (Å²) in [6, 6.07) is 63.7. The lowest BCUT2D eigenvalue weighted by atomic mass is 9.98. The van der Waals surface area contributed by atoms with Crippen molar-refractivity contribution in [1.82, 2.24) is 9.55 Å². The molecular formula is C47H29N3S. The minimum absolute atomic E-state index is 1.01. The summed E-state index contributed by atoms with van der Waals surface area (Å²) in [6.45, 7) is 0. The smallest absolute Gasteiger partial charge is 0.0902 e. The molecule has 0 N–H and O–H groups in total. The fourth-order valence-electron chi connectivity index (χ4n) is 8.19. The van der Waals surface area contributed by atoms with E-state index in [-0.39, 0.29) is 0 Å². The maximum atomic E-state index is 5.21. The molecule has 1 aliphatic heterocycles. The van der Waals surface area contributed by atoms with Crippen LogP contribution in [0.3, 0.4) is 0 Å². The first kappa shape index (κ1) is 28.4. The molecule has 0 saturated carbocycles. The minimum Gasteiger partial charge on any atom is -0.309 e. The van der Waals surface area contributed by atoms with Crippen molar-refractivity contribution in [2.24, 2.45) is 0 Å². The molecule has 0 fully saturated rings. The molecule has 0 spiro atoms. The zero-order valence-corrected chi connectivity index (χ0v) is 28.3. The summed E-state index contributed by atoms with van der Waals surface area (Å²) in [5.74, 6) is 0. The molecule has 0 atom stereocenters. The number of nitrogens with zero attached hydrogens (tertiary/aromatic N) is 3. The van der Waals surface area contributed by atoms with E-state index in [0.717, 1.165) is 33.8 Å². The van der Waals surface area contributed by atoms with Gasteiger partial charge in [0.05, 0.1) is 38.3 Å². The highest BCUT2D eigenvalue weighted by Gasteiger charge is 2.31. The van der Waals surface area contributed by atoms with Crippen molar-refractivity contribution in [1.29, 1.82) is 0 Å². The molecule has 0 radical (unpaired) electrons. The number of hydrogen-bond donors (Lipinski definition) is 0. The van der Waals surface area contributed by atoms with Crippen LogP contribution in [0.4, 0.5) is 17.1 Å². The fourth-order valence-corrected chi connectivity index (χ4v) is 9.42. The van der Waals surface area contributed by atoms with E-state index in [4.69, 9.17) is 4.98 Å². The summed E-state index contributed by atoms with van der Waals surface area (Å²) in [4.78, 5) is 7.67. The van der Waals surface area contributed by atoms with Crippen LogP contribution in [0, 0.1) is 0 Å². The van der Waals surface area contributed by atoms with Gasteiger partial charge in [0, 0.05) is 54.5 Å². The minimum atomic E-state index is 1.01. The summed E-state index contributed by atoms with van der Waals surface area (Å²) < 4.78 is 4.92. The van der Waals surface area contributed by atoms with Crippen molar-refractivity contribution >= 4 is 70.5 Å². The molecule has 1 aliphatic rings. The molecule has 4 heteroatoms. The van der Waals surface area contributed by atoms with Crippen LogP contribution in [0.5, 0.6) is 0 Å². The second-order valence-corrected chi connectivity index (χ2v) is 14.2. The van der Waals surface area contributed by atoms with E-state index in [1.54, 1.807) is 0 Å². The van der Waals surface area contributed by atoms with Crippen molar-refractivity contribution in [2.45, 2.75) is 0 Å². The van der Waals surface area contributed by atoms with Crippen LogP contribution in [0.1, 0.15) is 0 Å². The van der Waals surface area contributed by atoms with Gasteiger partial charge in [-0.1, -0.05) is 121 Å². The largest absolute Gasteiger partial charge is 0.309 e. The van der Waals surface area contributed by atoms with Crippen molar-refractivity contribution in [3.05, 3.63) is 176 Å². The standard InChI is InChI=1S/C47H29N3S/c1-2-16-31(17-3-1)50-40-26-11-6-21-35(40)44-34-20-5-10-25-39(34)49(41-27-12-7-22-36(41)46(44)50)32-18-14-15-30(29-32)43-33-19-4-9-24-38(33)48-45-37-23-8-13-28-42(37)51-47(43)45/h1-29H. The van der Waals surface area contributed by atoms with Gasteiger partial charge in [-0.25, -0.2) is 4.98 Å². The predicted octanol–water partition coefficient (Wildman–Crippen LogP) is 13.3. The van der Waals surface area contributed by atoms with Gasteiger partial charge in [0.2, 0.25) is 0 Å². The molecule has 0 amide bonds. The van der Waals surface area contributed by atoms with Crippen LogP contribution in [-0.4, -0.2) is 9.55 Å². The van der Waals surface area contributed by atoms with Gasteiger partial charge in [0.15, 0.2) is 0 Å². The van der Waals surface area contributed by atoms with E-state index in [0.29, 0.717) is 0 Å². The summed E-state index contributed by atoms with van der Waals surface area (Å²) in [6.07, 6.45) is 0. The number of pyridine rings is 1. The summed E-state index contributed by atoms with van der Waals surface area (Å²) in [7, 11) is 0. The number of thiophene rings is 1. The number of anilines is 3. The van der Waals surface area contributed by atoms with Gasteiger partial charge in [-0.3, -0.25) is 0 Å². The highest BCUT2D eigenvalue weighted by molar-refractivity contribution is 7.26. The van der Waals surface area contributed by atoms with Crippen LogP contribution in [0.25, 0.3) is 81.3 Å². The Bertz CT molecular complexity index is 2990. The van der Waals surface area contributed by atoms with E-state index in [1.807, 2.05) is 11.3 Å². The van der Waals surface area contributed by atoms with E-state index in [2.05, 4.69) is 185 Å². The highest BCUT2D eigenvalue weighted by Crippen LogP contribution is 2.55. The molecule has 0 saturated heterocycles. The molecule has 0 unspecified atom stereocenters. The third-order valence-electron chi connectivity index (χ3n) is 10.3. The molecule has 11 rings (SSSR count).